The van der Waals surface area contributed by atoms with Crippen LogP contribution in [0.5, 0.6) is 0 Å². The van der Waals surface area contributed by atoms with Gasteiger partial charge in [0.25, 0.3) is 5.78 Å². The van der Waals surface area contributed by atoms with Crippen LogP contribution in [0.2, 0.25) is 0 Å². The van der Waals surface area contributed by atoms with E-state index in [2.05, 4.69) is 63.0 Å². The van der Waals surface area contributed by atoms with E-state index in [9.17, 15) is 0 Å². The van der Waals surface area contributed by atoms with E-state index >= 15 is 0 Å². The zero-order chi connectivity index (χ0) is 17.6. The Labute approximate surface area is 148 Å². The molecule has 1 fully saturated rings. The minimum Gasteiger partial charge on any atom is -0.368 e. The molecule has 4 rings (SSSR count). The van der Waals surface area contributed by atoms with Crippen molar-refractivity contribution in [1.29, 1.82) is 0 Å². The Kier molecular flexibility index (Phi) is 3.82. The molecule has 0 saturated carbocycles. The maximum atomic E-state index is 4.52. The molecule has 2 aromatic heterocycles. The lowest BCUT2D eigenvalue weighted by Gasteiger charge is -2.38. The molecule has 6 nitrogen and oxygen atoms in total. The minimum atomic E-state index is 0.685. The highest BCUT2D eigenvalue weighted by Gasteiger charge is 2.21. The summed E-state index contributed by atoms with van der Waals surface area (Å²) in [6.07, 6.45) is 0. The van der Waals surface area contributed by atoms with Crippen molar-refractivity contribution in [2.75, 3.05) is 36.0 Å². The van der Waals surface area contributed by atoms with E-state index in [1.807, 2.05) is 18.4 Å². The average Bonchev–Trinajstić information content (AvgIpc) is 2.96. The second kappa shape index (κ2) is 6.02. The first-order valence-corrected chi connectivity index (χ1v) is 8.79. The Morgan fingerprint density at radius 2 is 1.56 bits per heavy atom. The van der Waals surface area contributed by atoms with Gasteiger partial charge in [-0.2, -0.15) is 9.50 Å². The molecule has 1 aromatic carbocycles. The summed E-state index contributed by atoms with van der Waals surface area (Å²) in [5, 5.41) is 4.52. The normalized spacial score (nSPS) is 15.2. The number of aryl methyl sites for hydroxylation is 4. The predicted octanol–water partition coefficient (Wildman–Crippen LogP) is 2.68. The van der Waals surface area contributed by atoms with Crippen molar-refractivity contribution >= 4 is 17.3 Å². The van der Waals surface area contributed by atoms with Crippen molar-refractivity contribution < 1.29 is 0 Å². The molecule has 25 heavy (non-hydrogen) atoms. The smallest absolute Gasteiger partial charge is 0.254 e. The number of benzene rings is 1. The molecular weight excluding hydrogens is 312 g/mol. The van der Waals surface area contributed by atoms with Crippen LogP contribution in [0.4, 0.5) is 11.5 Å². The van der Waals surface area contributed by atoms with Crippen molar-refractivity contribution in [3.8, 4) is 0 Å². The fourth-order valence-electron chi connectivity index (χ4n) is 3.53. The van der Waals surface area contributed by atoms with Crippen LogP contribution in [0, 0.1) is 27.7 Å². The monoisotopic (exact) mass is 336 g/mol. The third-order valence-corrected chi connectivity index (χ3v) is 4.84. The average molecular weight is 336 g/mol. The van der Waals surface area contributed by atoms with Gasteiger partial charge in [0, 0.05) is 43.6 Å². The molecule has 0 N–H and O–H groups in total. The molecule has 0 bridgehead atoms. The SMILES string of the molecule is Cc1ccc(C)c(N2CCN(c3cc(C)nc4nc(C)nn34)CC2)c1. The van der Waals surface area contributed by atoms with Gasteiger partial charge in [-0.25, -0.2) is 4.98 Å². The number of hydrogen-bond donors (Lipinski definition) is 0. The lowest BCUT2D eigenvalue weighted by atomic mass is 10.1. The fraction of sp³-hybridized carbons (Fsp3) is 0.421. The minimum absolute atomic E-state index is 0.685. The van der Waals surface area contributed by atoms with Crippen LogP contribution < -0.4 is 9.80 Å². The van der Waals surface area contributed by atoms with Gasteiger partial charge in [0.05, 0.1) is 0 Å². The van der Waals surface area contributed by atoms with E-state index in [4.69, 9.17) is 0 Å². The Morgan fingerprint density at radius 3 is 2.32 bits per heavy atom. The topological polar surface area (TPSA) is 49.6 Å². The van der Waals surface area contributed by atoms with Crippen LogP contribution in [-0.2, 0) is 0 Å². The van der Waals surface area contributed by atoms with Gasteiger partial charge < -0.3 is 9.80 Å². The molecule has 0 unspecified atom stereocenters. The molecule has 3 aromatic rings. The first kappa shape index (κ1) is 15.9. The lowest BCUT2D eigenvalue weighted by Crippen LogP contribution is -2.47. The van der Waals surface area contributed by atoms with Crippen molar-refractivity contribution in [2.24, 2.45) is 0 Å². The molecule has 0 atom stereocenters. The van der Waals surface area contributed by atoms with Crippen LogP contribution in [0.25, 0.3) is 5.78 Å². The van der Waals surface area contributed by atoms with Crippen molar-refractivity contribution in [1.82, 2.24) is 19.6 Å². The van der Waals surface area contributed by atoms with E-state index < -0.39 is 0 Å². The predicted molar refractivity (Wildman–Crippen MR) is 101 cm³/mol. The molecule has 6 heteroatoms. The second-order valence-corrected chi connectivity index (χ2v) is 6.89. The summed E-state index contributed by atoms with van der Waals surface area (Å²) >= 11 is 0. The number of anilines is 2. The number of nitrogens with zero attached hydrogens (tertiary/aromatic N) is 6. The summed E-state index contributed by atoms with van der Waals surface area (Å²) in [5.74, 6) is 2.53. The van der Waals surface area contributed by atoms with E-state index in [0.717, 1.165) is 43.5 Å². The number of rotatable bonds is 2. The molecule has 1 saturated heterocycles. The third kappa shape index (κ3) is 2.92. The van der Waals surface area contributed by atoms with Gasteiger partial charge in [0.2, 0.25) is 0 Å². The van der Waals surface area contributed by atoms with Gasteiger partial charge in [0.15, 0.2) is 0 Å². The van der Waals surface area contributed by atoms with Crippen molar-refractivity contribution in [3.63, 3.8) is 0 Å². The van der Waals surface area contributed by atoms with Crippen LogP contribution in [0.3, 0.4) is 0 Å². The molecule has 0 spiro atoms. The standard InChI is InChI=1S/C19H24N6/c1-13-5-6-14(2)17(11-13)23-7-9-24(10-8-23)18-12-15(3)20-19-21-16(4)22-25(18)19/h5-6,11-12H,7-10H2,1-4H3. The van der Waals surface area contributed by atoms with Gasteiger partial charge in [-0.3, -0.25) is 0 Å². The summed E-state index contributed by atoms with van der Waals surface area (Å²) in [7, 11) is 0. The van der Waals surface area contributed by atoms with Gasteiger partial charge >= 0.3 is 0 Å². The summed E-state index contributed by atoms with van der Waals surface area (Å²) in [6.45, 7) is 12.2. The van der Waals surface area contributed by atoms with E-state index in [1.165, 1.54) is 16.8 Å². The van der Waals surface area contributed by atoms with Gasteiger partial charge in [0.1, 0.15) is 11.6 Å². The van der Waals surface area contributed by atoms with Crippen molar-refractivity contribution in [3.05, 3.63) is 46.9 Å². The number of aromatic nitrogens is 4. The number of hydrogen-bond acceptors (Lipinski definition) is 5. The number of piperazine rings is 1. The summed E-state index contributed by atoms with van der Waals surface area (Å²) in [5.41, 5.74) is 4.99. The Hall–Kier alpha value is -2.63. The summed E-state index contributed by atoms with van der Waals surface area (Å²) in [6, 6.07) is 8.79. The molecule has 0 aliphatic carbocycles. The molecule has 130 valence electrons. The van der Waals surface area contributed by atoms with Crippen LogP contribution in [-0.4, -0.2) is 45.8 Å². The molecule has 1 aliphatic rings. The molecule has 3 heterocycles. The first-order chi connectivity index (χ1) is 12.0. The lowest BCUT2D eigenvalue weighted by molar-refractivity contribution is 0.637. The quantitative estimate of drug-likeness (QED) is 0.720. The molecule has 0 amide bonds. The summed E-state index contributed by atoms with van der Waals surface area (Å²) in [4.78, 5) is 13.8. The van der Waals surface area contributed by atoms with E-state index in [0.29, 0.717) is 5.78 Å². The zero-order valence-corrected chi connectivity index (χ0v) is 15.3. The maximum Gasteiger partial charge on any atom is 0.254 e. The van der Waals surface area contributed by atoms with E-state index in [1.54, 1.807) is 0 Å². The van der Waals surface area contributed by atoms with Crippen LogP contribution in [0.15, 0.2) is 24.3 Å². The highest BCUT2D eigenvalue weighted by molar-refractivity contribution is 5.57. The fourth-order valence-corrected chi connectivity index (χ4v) is 3.53. The highest BCUT2D eigenvalue weighted by Crippen LogP contribution is 2.25. The third-order valence-electron chi connectivity index (χ3n) is 4.84. The largest absolute Gasteiger partial charge is 0.368 e. The maximum absolute atomic E-state index is 4.52. The molecule has 1 aliphatic heterocycles. The highest BCUT2D eigenvalue weighted by atomic mass is 15.4. The van der Waals surface area contributed by atoms with E-state index in [-0.39, 0.29) is 0 Å². The summed E-state index contributed by atoms with van der Waals surface area (Å²) < 4.78 is 1.87. The van der Waals surface area contributed by atoms with Gasteiger partial charge in [-0.1, -0.05) is 12.1 Å². The molecule has 0 radical (unpaired) electrons. The van der Waals surface area contributed by atoms with Crippen LogP contribution in [0.1, 0.15) is 22.6 Å². The Balaban J connectivity index is 1.59. The van der Waals surface area contributed by atoms with Gasteiger partial charge in [-0.05, 0) is 44.9 Å². The van der Waals surface area contributed by atoms with Crippen LogP contribution >= 0.6 is 0 Å². The van der Waals surface area contributed by atoms with Crippen molar-refractivity contribution in [2.45, 2.75) is 27.7 Å². The second-order valence-electron chi connectivity index (χ2n) is 6.89. The zero-order valence-electron chi connectivity index (χ0n) is 15.3. The Bertz CT molecular complexity index is 921. The number of fused-ring (bicyclic) bond motifs is 1. The first-order valence-electron chi connectivity index (χ1n) is 8.79. The Morgan fingerprint density at radius 1 is 0.840 bits per heavy atom. The molecular formula is C19H24N6. The van der Waals surface area contributed by atoms with Gasteiger partial charge in [-0.15, -0.1) is 5.10 Å².